The van der Waals surface area contributed by atoms with Crippen LogP contribution in [0, 0.1) is 5.92 Å². The molecule has 0 saturated carbocycles. The van der Waals surface area contributed by atoms with Crippen molar-refractivity contribution in [2.75, 3.05) is 31.1 Å². The highest BCUT2D eigenvalue weighted by Crippen LogP contribution is 2.20. The van der Waals surface area contributed by atoms with Crippen molar-refractivity contribution < 1.29 is 14.3 Å². The van der Waals surface area contributed by atoms with E-state index < -0.39 is 0 Å². The molecule has 2 aliphatic heterocycles. The van der Waals surface area contributed by atoms with E-state index >= 15 is 0 Å². The van der Waals surface area contributed by atoms with Gasteiger partial charge in [0, 0.05) is 38.9 Å². The van der Waals surface area contributed by atoms with Crippen molar-refractivity contribution in [3.63, 3.8) is 0 Å². The number of anilines is 1. The number of morpholine rings is 1. The van der Waals surface area contributed by atoms with Crippen LogP contribution in [0.1, 0.15) is 37.8 Å². The summed E-state index contributed by atoms with van der Waals surface area (Å²) >= 11 is 0. The van der Waals surface area contributed by atoms with Gasteiger partial charge < -0.3 is 19.9 Å². The van der Waals surface area contributed by atoms with Crippen LogP contribution in [0.2, 0.25) is 0 Å². The first-order valence-corrected chi connectivity index (χ1v) is 11.9. The van der Waals surface area contributed by atoms with Crippen LogP contribution < -0.4 is 10.2 Å². The predicted molar refractivity (Wildman–Crippen MR) is 128 cm³/mol. The van der Waals surface area contributed by atoms with Gasteiger partial charge in [-0.05, 0) is 43.9 Å². The number of nitrogens with one attached hydrogen (secondary N) is 1. The van der Waals surface area contributed by atoms with Crippen molar-refractivity contribution in [1.82, 2.24) is 15.2 Å². The lowest BCUT2D eigenvalue weighted by molar-refractivity contribution is -0.135. The molecular formula is C26H34N4O3. The van der Waals surface area contributed by atoms with E-state index in [2.05, 4.69) is 29.0 Å². The number of likely N-dealkylation sites (tertiary alicyclic amines) is 1. The summed E-state index contributed by atoms with van der Waals surface area (Å²) in [7, 11) is 0. The molecule has 1 aromatic heterocycles. The van der Waals surface area contributed by atoms with Crippen molar-refractivity contribution in [2.24, 2.45) is 5.92 Å². The van der Waals surface area contributed by atoms with Crippen LogP contribution in [0.4, 0.5) is 5.82 Å². The van der Waals surface area contributed by atoms with Gasteiger partial charge in [0.1, 0.15) is 5.82 Å². The molecule has 0 bridgehead atoms. The molecule has 0 spiro atoms. The van der Waals surface area contributed by atoms with Gasteiger partial charge in [0.2, 0.25) is 11.8 Å². The maximum absolute atomic E-state index is 12.8. The number of carbonyl (C=O) groups excluding carboxylic acids is 2. The minimum absolute atomic E-state index is 0.00659. The Balaban J connectivity index is 1.26. The third-order valence-electron chi connectivity index (χ3n) is 6.36. The van der Waals surface area contributed by atoms with Crippen molar-refractivity contribution in [3.05, 3.63) is 59.8 Å². The van der Waals surface area contributed by atoms with Gasteiger partial charge in [0.25, 0.3) is 0 Å². The van der Waals surface area contributed by atoms with Crippen LogP contribution in [0.25, 0.3) is 0 Å². The molecule has 7 heteroatoms. The summed E-state index contributed by atoms with van der Waals surface area (Å²) in [5.41, 5.74) is 1.97. The van der Waals surface area contributed by atoms with Gasteiger partial charge in [-0.25, -0.2) is 4.98 Å². The molecule has 4 rings (SSSR count). The number of piperidine rings is 1. The fraction of sp³-hybridized carbons (Fsp3) is 0.500. The zero-order valence-electron chi connectivity index (χ0n) is 19.6. The van der Waals surface area contributed by atoms with Crippen molar-refractivity contribution in [2.45, 2.75) is 51.9 Å². The minimum Gasteiger partial charge on any atom is -0.372 e. The van der Waals surface area contributed by atoms with Crippen LogP contribution in [0.15, 0.2) is 48.7 Å². The Labute approximate surface area is 196 Å². The number of nitrogens with zero attached hydrogens (tertiary/aromatic N) is 3. The fourth-order valence-electron chi connectivity index (χ4n) is 4.71. The van der Waals surface area contributed by atoms with Crippen LogP contribution >= 0.6 is 0 Å². The summed E-state index contributed by atoms with van der Waals surface area (Å²) in [4.78, 5) is 34.2. The fourth-order valence-corrected chi connectivity index (χ4v) is 4.71. The van der Waals surface area contributed by atoms with Crippen LogP contribution in [0.5, 0.6) is 0 Å². The topological polar surface area (TPSA) is 74.8 Å². The lowest BCUT2D eigenvalue weighted by Gasteiger charge is -2.36. The number of hydrogen-bond donors (Lipinski definition) is 1. The third kappa shape index (κ3) is 6.32. The van der Waals surface area contributed by atoms with Gasteiger partial charge in [-0.1, -0.05) is 36.4 Å². The molecule has 1 aromatic carbocycles. The van der Waals surface area contributed by atoms with Crippen molar-refractivity contribution >= 4 is 17.6 Å². The minimum atomic E-state index is -0.165. The molecule has 0 aliphatic carbocycles. The normalized spacial score (nSPS) is 23.3. The van der Waals surface area contributed by atoms with Gasteiger partial charge in [-0.3, -0.25) is 9.59 Å². The molecule has 2 aliphatic rings. The van der Waals surface area contributed by atoms with E-state index in [9.17, 15) is 9.59 Å². The zero-order valence-corrected chi connectivity index (χ0v) is 19.6. The number of amides is 2. The Hall–Kier alpha value is -2.93. The lowest BCUT2D eigenvalue weighted by atomic mass is 9.96. The Morgan fingerprint density at radius 3 is 2.48 bits per heavy atom. The van der Waals surface area contributed by atoms with E-state index in [1.807, 2.05) is 53.6 Å². The summed E-state index contributed by atoms with van der Waals surface area (Å²) in [6.45, 7) is 7.46. The predicted octanol–water partition coefficient (Wildman–Crippen LogP) is 2.79. The smallest absolute Gasteiger partial charge is 0.227 e. The van der Waals surface area contributed by atoms with E-state index in [-0.39, 0.29) is 29.9 Å². The second-order valence-corrected chi connectivity index (χ2v) is 9.25. The molecular weight excluding hydrogens is 416 g/mol. The average molecular weight is 451 g/mol. The number of hydrogen-bond acceptors (Lipinski definition) is 5. The molecule has 0 radical (unpaired) electrons. The summed E-state index contributed by atoms with van der Waals surface area (Å²) < 4.78 is 5.79. The molecule has 2 amide bonds. The van der Waals surface area contributed by atoms with E-state index in [0.29, 0.717) is 19.5 Å². The summed E-state index contributed by atoms with van der Waals surface area (Å²) in [5.74, 6) is 0.867. The number of benzene rings is 1. The van der Waals surface area contributed by atoms with Gasteiger partial charge >= 0.3 is 0 Å². The maximum atomic E-state index is 12.8. The van der Waals surface area contributed by atoms with E-state index in [4.69, 9.17) is 4.74 Å². The highest BCUT2D eigenvalue weighted by molar-refractivity contribution is 5.82. The Kier molecular flexibility index (Phi) is 7.60. The molecule has 2 aromatic rings. The molecule has 33 heavy (non-hydrogen) atoms. The van der Waals surface area contributed by atoms with Crippen molar-refractivity contribution in [3.8, 4) is 0 Å². The van der Waals surface area contributed by atoms with E-state index in [1.165, 1.54) is 0 Å². The zero-order chi connectivity index (χ0) is 23.2. The van der Waals surface area contributed by atoms with Crippen LogP contribution in [0.3, 0.4) is 0 Å². The number of rotatable bonds is 6. The maximum Gasteiger partial charge on any atom is 0.227 e. The molecule has 7 nitrogen and oxygen atoms in total. The third-order valence-corrected chi connectivity index (χ3v) is 6.36. The Bertz CT molecular complexity index is 924. The van der Waals surface area contributed by atoms with Gasteiger partial charge in [-0.2, -0.15) is 0 Å². The highest BCUT2D eigenvalue weighted by Gasteiger charge is 2.28. The first kappa shape index (κ1) is 23.2. The molecule has 176 valence electrons. The number of ether oxygens (including phenoxy) is 1. The van der Waals surface area contributed by atoms with Gasteiger partial charge in [-0.15, -0.1) is 0 Å². The largest absolute Gasteiger partial charge is 0.372 e. The molecule has 2 saturated heterocycles. The number of aromatic nitrogens is 1. The van der Waals surface area contributed by atoms with E-state index in [0.717, 1.165) is 49.4 Å². The van der Waals surface area contributed by atoms with E-state index in [1.54, 1.807) is 0 Å². The van der Waals surface area contributed by atoms with Crippen LogP contribution in [-0.2, 0) is 27.3 Å². The summed E-state index contributed by atoms with van der Waals surface area (Å²) in [5, 5.41) is 3.04. The summed E-state index contributed by atoms with van der Waals surface area (Å²) in [6.07, 6.45) is 4.25. The van der Waals surface area contributed by atoms with Gasteiger partial charge in [0.15, 0.2) is 0 Å². The molecule has 3 heterocycles. The second-order valence-electron chi connectivity index (χ2n) is 9.25. The molecule has 3 unspecified atom stereocenters. The Morgan fingerprint density at radius 2 is 1.79 bits per heavy atom. The van der Waals surface area contributed by atoms with Gasteiger partial charge in [0.05, 0.1) is 24.5 Å². The second kappa shape index (κ2) is 10.8. The molecule has 2 fully saturated rings. The number of carbonyl (C=O) groups is 2. The monoisotopic (exact) mass is 450 g/mol. The summed E-state index contributed by atoms with van der Waals surface area (Å²) in [6, 6.07) is 13.8. The first-order valence-electron chi connectivity index (χ1n) is 11.9. The van der Waals surface area contributed by atoms with Crippen LogP contribution in [-0.4, -0.2) is 60.1 Å². The lowest BCUT2D eigenvalue weighted by Crippen LogP contribution is -2.46. The average Bonchev–Trinajstić information content (AvgIpc) is 2.83. The first-order chi connectivity index (χ1) is 16.0. The molecule has 3 atom stereocenters. The van der Waals surface area contributed by atoms with Crippen molar-refractivity contribution in [1.29, 1.82) is 0 Å². The standard InChI is InChI=1S/C26H34N4O3/c1-19-16-30(17-20(2)33-19)24-11-10-22(14-27-24)15-28-26(32)23-9-6-12-29(18-23)25(31)13-21-7-4-3-5-8-21/h3-5,7-8,10-11,14,19-20,23H,6,9,12-13,15-18H2,1-2H3,(H,28,32). The SMILES string of the molecule is CC1CN(c2ccc(CNC(=O)C3CCCN(C(=O)Cc4ccccc4)C3)cn2)CC(C)O1. The highest BCUT2D eigenvalue weighted by atomic mass is 16.5. The Morgan fingerprint density at radius 1 is 1.03 bits per heavy atom. The number of pyridine rings is 1. The molecule has 1 N–H and O–H groups in total. The quantitative estimate of drug-likeness (QED) is 0.733.